The zero-order chi connectivity index (χ0) is 13.5. The van der Waals surface area contributed by atoms with Crippen molar-refractivity contribution >= 4 is 0 Å². The van der Waals surface area contributed by atoms with E-state index in [-0.39, 0.29) is 11.1 Å². The van der Waals surface area contributed by atoms with Gasteiger partial charge < -0.3 is 0 Å². The maximum Gasteiger partial charge on any atom is 0.264 e. The van der Waals surface area contributed by atoms with Gasteiger partial charge in [0.25, 0.3) is 5.56 Å². The minimum absolute atomic E-state index is 0.131. The van der Waals surface area contributed by atoms with Gasteiger partial charge in [0.05, 0.1) is 5.69 Å². The summed E-state index contributed by atoms with van der Waals surface area (Å²) in [6, 6.07) is 12.0. The largest absolute Gasteiger partial charge is 0.284 e. The molecule has 3 rings (SSSR count). The molecular weight excluding hydrogens is 238 g/mol. The number of H-pyrrole nitrogens is 1. The molecule has 19 heavy (non-hydrogen) atoms. The molecule has 0 saturated carbocycles. The van der Waals surface area contributed by atoms with Crippen LogP contribution in [-0.4, -0.2) is 15.1 Å². The number of aromatic nitrogens is 2. The summed E-state index contributed by atoms with van der Waals surface area (Å²) in [5, 5.41) is 6.69. The summed E-state index contributed by atoms with van der Waals surface area (Å²) >= 11 is 0. The van der Waals surface area contributed by atoms with Crippen LogP contribution in [0.15, 0.2) is 41.2 Å². The maximum atomic E-state index is 11.4. The summed E-state index contributed by atoms with van der Waals surface area (Å²) in [4.78, 5) is 13.8. The van der Waals surface area contributed by atoms with Gasteiger partial charge in [0.1, 0.15) is 0 Å². The van der Waals surface area contributed by atoms with Crippen LogP contribution in [0.4, 0.5) is 0 Å². The van der Waals surface area contributed by atoms with Crippen LogP contribution in [0.5, 0.6) is 0 Å². The van der Waals surface area contributed by atoms with E-state index in [4.69, 9.17) is 0 Å². The molecule has 0 spiro atoms. The van der Waals surface area contributed by atoms with Gasteiger partial charge in [0, 0.05) is 30.3 Å². The Bertz CT molecular complexity index is 646. The maximum absolute atomic E-state index is 11.4. The van der Waals surface area contributed by atoms with E-state index >= 15 is 0 Å². The fourth-order valence-electron chi connectivity index (χ4n) is 2.69. The average molecular weight is 255 g/mol. The zero-order valence-corrected chi connectivity index (χ0v) is 11.2. The Hall–Kier alpha value is -1.94. The Morgan fingerprint density at radius 2 is 2.05 bits per heavy atom. The zero-order valence-electron chi connectivity index (χ0n) is 11.2. The van der Waals surface area contributed by atoms with Crippen molar-refractivity contribution in [1.82, 2.24) is 15.1 Å². The minimum Gasteiger partial charge on any atom is -0.284 e. The summed E-state index contributed by atoms with van der Waals surface area (Å²) in [5.41, 5.74) is 2.99. The van der Waals surface area contributed by atoms with Crippen molar-refractivity contribution in [1.29, 1.82) is 0 Å². The normalized spacial score (nSPS) is 17.4. The number of hydrogen-bond acceptors (Lipinski definition) is 3. The van der Waals surface area contributed by atoms with E-state index in [1.165, 1.54) is 5.56 Å². The molecule has 0 atom stereocenters. The number of hydrogen-bond donors (Lipinski definition) is 1. The molecule has 0 amide bonds. The molecule has 0 radical (unpaired) electrons. The van der Waals surface area contributed by atoms with Crippen molar-refractivity contribution in [3.8, 4) is 0 Å². The molecule has 4 nitrogen and oxygen atoms in total. The van der Waals surface area contributed by atoms with Crippen LogP contribution in [0, 0.1) is 0 Å². The molecule has 1 aromatic heterocycles. The summed E-state index contributed by atoms with van der Waals surface area (Å²) in [6.07, 6.45) is 0. The Morgan fingerprint density at radius 1 is 1.32 bits per heavy atom. The number of benzene rings is 1. The first-order chi connectivity index (χ1) is 9.07. The molecule has 98 valence electrons. The number of nitrogens with zero attached hydrogens (tertiary/aromatic N) is 2. The highest BCUT2D eigenvalue weighted by atomic mass is 16.1. The molecule has 1 aliphatic rings. The highest BCUT2D eigenvalue weighted by Gasteiger charge is 2.38. The van der Waals surface area contributed by atoms with Gasteiger partial charge in [-0.15, -0.1) is 0 Å². The molecule has 0 aliphatic carbocycles. The molecule has 4 heteroatoms. The van der Waals surface area contributed by atoms with E-state index in [9.17, 15) is 4.79 Å². The lowest BCUT2D eigenvalue weighted by Gasteiger charge is -2.32. The van der Waals surface area contributed by atoms with Gasteiger partial charge in [-0.2, -0.15) is 5.10 Å². The standard InChI is InChI=1S/C15H17N3O/c1-15(2)12-8-14(19)17-16-13(12)10-18(15)9-11-6-4-3-5-7-11/h3-8H,9-10H2,1-2H3,(H,17,19). The molecule has 0 saturated heterocycles. The smallest absolute Gasteiger partial charge is 0.264 e. The SMILES string of the molecule is CC1(C)c2cc(=O)[nH]nc2CN1Cc1ccccc1. The lowest BCUT2D eigenvalue weighted by molar-refractivity contribution is 0.127. The summed E-state index contributed by atoms with van der Waals surface area (Å²) in [5.74, 6) is 0. The Labute approximate surface area is 112 Å². The fourth-order valence-corrected chi connectivity index (χ4v) is 2.69. The van der Waals surface area contributed by atoms with Crippen molar-refractivity contribution in [2.24, 2.45) is 0 Å². The summed E-state index contributed by atoms with van der Waals surface area (Å²) < 4.78 is 0. The third-order valence-electron chi connectivity index (χ3n) is 3.89. The van der Waals surface area contributed by atoms with E-state index < -0.39 is 0 Å². The number of nitrogens with one attached hydrogen (secondary N) is 1. The average Bonchev–Trinajstić information content (AvgIpc) is 2.63. The first-order valence-corrected chi connectivity index (χ1v) is 6.45. The number of aromatic amines is 1. The Morgan fingerprint density at radius 3 is 2.79 bits per heavy atom. The number of fused-ring (bicyclic) bond motifs is 1. The molecule has 2 aromatic rings. The van der Waals surface area contributed by atoms with Gasteiger partial charge >= 0.3 is 0 Å². The second-order valence-corrected chi connectivity index (χ2v) is 5.49. The lowest BCUT2D eigenvalue weighted by Crippen LogP contribution is -2.35. The number of rotatable bonds is 2. The summed E-state index contributed by atoms with van der Waals surface area (Å²) in [7, 11) is 0. The molecule has 1 N–H and O–H groups in total. The molecule has 0 fully saturated rings. The molecule has 2 heterocycles. The Balaban J connectivity index is 1.93. The van der Waals surface area contributed by atoms with Gasteiger partial charge in [0.2, 0.25) is 0 Å². The predicted molar refractivity (Wildman–Crippen MR) is 73.6 cm³/mol. The van der Waals surface area contributed by atoms with Crippen LogP contribution in [-0.2, 0) is 18.6 Å². The van der Waals surface area contributed by atoms with E-state index in [0.717, 1.165) is 24.3 Å². The van der Waals surface area contributed by atoms with Gasteiger partial charge in [0.15, 0.2) is 0 Å². The van der Waals surface area contributed by atoms with Crippen molar-refractivity contribution < 1.29 is 0 Å². The van der Waals surface area contributed by atoms with E-state index in [2.05, 4.69) is 41.1 Å². The van der Waals surface area contributed by atoms with Crippen molar-refractivity contribution in [2.45, 2.75) is 32.5 Å². The van der Waals surface area contributed by atoms with Crippen LogP contribution in [0.1, 0.15) is 30.7 Å². The molecule has 1 aromatic carbocycles. The third kappa shape index (κ3) is 2.08. The predicted octanol–water partition coefficient (Wildman–Crippen LogP) is 2.02. The van der Waals surface area contributed by atoms with Crippen molar-refractivity contribution in [2.75, 3.05) is 0 Å². The minimum atomic E-state index is -0.160. The van der Waals surface area contributed by atoms with Gasteiger partial charge in [-0.25, -0.2) is 5.10 Å². The summed E-state index contributed by atoms with van der Waals surface area (Å²) in [6.45, 7) is 5.91. The molecule has 0 unspecified atom stereocenters. The van der Waals surface area contributed by atoms with Gasteiger partial charge in [-0.3, -0.25) is 9.69 Å². The second kappa shape index (κ2) is 4.31. The lowest BCUT2D eigenvalue weighted by atomic mass is 9.96. The quantitative estimate of drug-likeness (QED) is 0.893. The Kier molecular flexibility index (Phi) is 2.75. The monoisotopic (exact) mass is 255 g/mol. The van der Waals surface area contributed by atoms with Crippen LogP contribution in [0.3, 0.4) is 0 Å². The first-order valence-electron chi connectivity index (χ1n) is 6.45. The van der Waals surface area contributed by atoms with E-state index in [1.54, 1.807) is 6.07 Å². The molecule has 1 aliphatic heterocycles. The first kappa shape index (κ1) is 12.1. The topological polar surface area (TPSA) is 49.0 Å². The van der Waals surface area contributed by atoms with E-state index in [0.29, 0.717) is 0 Å². The van der Waals surface area contributed by atoms with Crippen molar-refractivity contribution in [3.63, 3.8) is 0 Å². The second-order valence-electron chi connectivity index (χ2n) is 5.49. The van der Waals surface area contributed by atoms with Gasteiger partial charge in [-0.05, 0) is 19.4 Å². The van der Waals surface area contributed by atoms with Crippen LogP contribution >= 0.6 is 0 Å². The van der Waals surface area contributed by atoms with Crippen LogP contribution in [0.25, 0.3) is 0 Å². The fraction of sp³-hybridized carbons (Fsp3) is 0.333. The van der Waals surface area contributed by atoms with Gasteiger partial charge in [-0.1, -0.05) is 30.3 Å². The van der Waals surface area contributed by atoms with Crippen LogP contribution < -0.4 is 5.56 Å². The highest BCUT2D eigenvalue weighted by molar-refractivity contribution is 5.31. The van der Waals surface area contributed by atoms with E-state index in [1.807, 2.05) is 18.2 Å². The van der Waals surface area contributed by atoms with Crippen molar-refractivity contribution in [3.05, 3.63) is 63.6 Å². The van der Waals surface area contributed by atoms with Crippen LogP contribution in [0.2, 0.25) is 0 Å². The molecule has 0 bridgehead atoms. The highest BCUT2D eigenvalue weighted by Crippen LogP contribution is 2.37. The molecular formula is C15H17N3O. The third-order valence-corrected chi connectivity index (χ3v) is 3.89.